The summed E-state index contributed by atoms with van der Waals surface area (Å²) in [6.07, 6.45) is 1.66. The van der Waals surface area contributed by atoms with Gasteiger partial charge in [0.25, 0.3) is 0 Å². The van der Waals surface area contributed by atoms with Gasteiger partial charge >= 0.3 is 5.97 Å². The molecule has 30 heavy (non-hydrogen) atoms. The third-order valence-electron chi connectivity index (χ3n) is 4.55. The summed E-state index contributed by atoms with van der Waals surface area (Å²) in [7, 11) is 1.65. The van der Waals surface area contributed by atoms with Gasteiger partial charge in [-0.1, -0.05) is 18.2 Å². The molecule has 0 radical (unpaired) electrons. The van der Waals surface area contributed by atoms with E-state index in [0.29, 0.717) is 5.69 Å². The van der Waals surface area contributed by atoms with E-state index in [1.807, 2.05) is 50.2 Å². The molecule has 0 amide bonds. The lowest BCUT2D eigenvalue weighted by Crippen LogP contribution is -2.10. The van der Waals surface area contributed by atoms with Crippen LogP contribution in [-0.4, -0.2) is 31.0 Å². The highest BCUT2D eigenvalue weighted by molar-refractivity contribution is 5.85. The van der Waals surface area contributed by atoms with Crippen LogP contribution in [0.5, 0.6) is 11.5 Å². The highest BCUT2D eigenvalue weighted by atomic mass is 19.1. The Hall–Kier alpha value is -3.67. The van der Waals surface area contributed by atoms with Crippen LogP contribution in [-0.2, 0) is 4.79 Å². The lowest BCUT2D eigenvalue weighted by Gasteiger charge is -2.13. The molecule has 154 valence electrons. The molecule has 0 spiro atoms. The van der Waals surface area contributed by atoms with E-state index in [9.17, 15) is 9.18 Å². The summed E-state index contributed by atoms with van der Waals surface area (Å²) >= 11 is 0. The van der Waals surface area contributed by atoms with Crippen molar-refractivity contribution in [2.24, 2.45) is 4.99 Å². The lowest BCUT2D eigenvalue weighted by atomic mass is 9.94. The monoisotopic (exact) mass is 407 g/mol. The van der Waals surface area contributed by atoms with Crippen LogP contribution in [0.2, 0.25) is 0 Å². The quantitative estimate of drug-likeness (QED) is 0.538. The standard InChI is InChI=1S/C24H22FNO4/c1-15-9-20(29-3)10-16(2)24(15)18-6-4-5-17(11-18)13-26-19-7-8-22(21(25)12-19)30-14-23(27)28/h4-13H,14H2,1-3H3,(H,27,28). The number of hydrogen-bond donors (Lipinski definition) is 1. The fraction of sp³-hybridized carbons (Fsp3) is 0.167. The number of benzene rings is 3. The summed E-state index contributed by atoms with van der Waals surface area (Å²) < 4.78 is 24.3. The van der Waals surface area contributed by atoms with Gasteiger partial charge in [0.05, 0.1) is 12.8 Å². The minimum Gasteiger partial charge on any atom is -0.497 e. The van der Waals surface area contributed by atoms with Crippen LogP contribution >= 0.6 is 0 Å². The van der Waals surface area contributed by atoms with E-state index in [4.69, 9.17) is 14.6 Å². The third-order valence-corrected chi connectivity index (χ3v) is 4.55. The van der Waals surface area contributed by atoms with Crippen LogP contribution in [0.1, 0.15) is 16.7 Å². The van der Waals surface area contributed by atoms with Gasteiger partial charge < -0.3 is 14.6 Å². The Labute approximate surface area is 174 Å². The Balaban J connectivity index is 1.83. The number of aliphatic carboxylic acids is 1. The van der Waals surface area contributed by atoms with E-state index >= 15 is 0 Å². The molecule has 0 heterocycles. The highest BCUT2D eigenvalue weighted by Crippen LogP contribution is 2.31. The molecule has 0 saturated carbocycles. The van der Waals surface area contributed by atoms with Crippen LogP contribution < -0.4 is 9.47 Å². The Bertz CT molecular complexity index is 1090. The molecule has 0 bridgehead atoms. The van der Waals surface area contributed by atoms with Crippen molar-refractivity contribution >= 4 is 17.9 Å². The number of aliphatic imine (C=N–C) groups is 1. The van der Waals surface area contributed by atoms with Crippen molar-refractivity contribution < 1.29 is 23.8 Å². The van der Waals surface area contributed by atoms with Crippen molar-refractivity contribution in [2.45, 2.75) is 13.8 Å². The molecular formula is C24H22FNO4. The molecule has 0 unspecified atom stereocenters. The van der Waals surface area contributed by atoms with Crippen LogP contribution in [0.15, 0.2) is 59.6 Å². The van der Waals surface area contributed by atoms with E-state index in [2.05, 4.69) is 4.99 Å². The van der Waals surface area contributed by atoms with Gasteiger partial charge in [0.1, 0.15) is 5.75 Å². The molecular weight excluding hydrogens is 385 g/mol. The van der Waals surface area contributed by atoms with Crippen molar-refractivity contribution in [3.05, 3.63) is 77.1 Å². The highest BCUT2D eigenvalue weighted by Gasteiger charge is 2.09. The second-order valence-corrected chi connectivity index (χ2v) is 6.82. The molecule has 0 saturated heterocycles. The normalized spacial score (nSPS) is 10.9. The van der Waals surface area contributed by atoms with Gasteiger partial charge in [0.15, 0.2) is 18.2 Å². The summed E-state index contributed by atoms with van der Waals surface area (Å²) in [6, 6.07) is 16.1. The zero-order chi connectivity index (χ0) is 21.7. The minimum absolute atomic E-state index is 0.121. The molecule has 3 rings (SSSR count). The smallest absolute Gasteiger partial charge is 0.341 e. The molecule has 0 aliphatic heterocycles. The first-order valence-corrected chi connectivity index (χ1v) is 9.31. The van der Waals surface area contributed by atoms with Gasteiger partial charge in [-0.3, -0.25) is 4.99 Å². The summed E-state index contributed by atoms with van der Waals surface area (Å²) in [5.74, 6) is -1.13. The molecule has 0 aliphatic rings. The van der Waals surface area contributed by atoms with Crippen molar-refractivity contribution in [3.8, 4) is 22.6 Å². The average molecular weight is 407 g/mol. The maximum absolute atomic E-state index is 14.1. The summed E-state index contributed by atoms with van der Waals surface area (Å²) in [4.78, 5) is 14.9. The first-order chi connectivity index (χ1) is 14.4. The molecule has 3 aromatic rings. The topological polar surface area (TPSA) is 68.1 Å². The molecule has 6 heteroatoms. The van der Waals surface area contributed by atoms with Crippen molar-refractivity contribution in [3.63, 3.8) is 0 Å². The maximum atomic E-state index is 14.1. The molecule has 0 fully saturated rings. The number of hydrogen-bond acceptors (Lipinski definition) is 4. The Kier molecular flexibility index (Phi) is 6.47. The number of rotatable bonds is 7. The molecule has 0 aliphatic carbocycles. The Morgan fingerprint density at radius 2 is 1.83 bits per heavy atom. The predicted molar refractivity (Wildman–Crippen MR) is 115 cm³/mol. The fourth-order valence-corrected chi connectivity index (χ4v) is 3.25. The lowest BCUT2D eigenvalue weighted by molar-refractivity contribution is -0.139. The van der Waals surface area contributed by atoms with Crippen LogP contribution in [0.25, 0.3) is 11.1 Å². The van der Waals surface area contributed by atoms with Crippen molar-refractivity contribution in [1.82, 2.24) is 0 Å². The maximum Gasteiger partial charge on any atom is 0.341 e. The van der Waals surface area contributed by atoms with Crippen LogP contribution in [0.3, 0.4) is 0 Å². The van der Waals surface area contributed by atoms with Gasteiger partial charge in [-0.25, -0.2) is 9.18 Å². The van der Waals surface area contributed by atoms with Gasteiger partial charge in [0, 0.05) is 12.3 Å². The number of aryl methyl sites for hydroxylation is 2. The van der Waals surface area contributed by atoms with Gasteiger partial charge in [-0.2, -0.15) is 0 Å². The summed E-state index contributed by atoms with van der Waals surface area (Å²) in [6.45, 7) is 3.49. The average Bonchev–Trinajstić information content (AvgIpc) is 2.71. The number of halogens is 1. The molecule has 3 aromatic carbocycles. The number of ether oxygens (including phenoxy) is 2. The third kappa shape index (κ3) is 5.03. The van der Waals surface area contributed by atoms with E-state index < -0.39 is 18.4 Å². The first kappa shape index (κ1) is 21.0. The fourth-order valence-electron chi connectivity index (χ4n) is 3.25. The zero-order valence-corrected chi connectivity index (χ0v) is 17.0. The summed E-state index contributed by atoms with van der Waals surface area (Å²) in [5.41, 5.74) is 5.68. The predicted octanol–water partition coefficient (Wildman–Crippen LogP) is 5.33. The van der Waals surface area contributed by atoms with Crippen LogP contribution in [0, 0.1) is 19.7 Å². The van der Waals surface area contributed by atoms with E-state index in [-0.39, 0.29) is 5.75 Å². The Morgan fingerprint density at radius 3 is 2.47 bits per heavy atom. The molecule has 1 N–H and O–H groups in total. The van der Waals surface area contributed by atoms with Crippen molar-refractivity contribution in [2.75, 3.05) is 13.7 Å². The number of methoxy groups -OCH3 is 1. The van der Waals surface area contributed by atoms with Gasteiger partial charge in [0.2, 0.25) is 0 Å². The molecule has 0 aromatic heterocycles. The van der Waals surface area contributed by atoms with Gasteiger partial charge in [-0.05, 0) is 72.0 Å². The number of carboxylic acid groups (broad SMARTS) is 1. The van der Waals surface area contributed by atoms with E-state index in [0.717, 1.165) is 33.6 Å². The molecule has 5 nitrogen and oxygen atoms in total. The zero-order valence-electron chi connectivity index (χ0n) is 17.0. The summed E-state index contributed by atoms with van der Waals surface area (Å²) in [5, 5.41) is 8.62. The Morgan fingerprint density at radius 1 is 1.10 bits per heavy atom. The van der Waals surface area contributed by atoms with E-state index in [1.165, 1.54) is 12.1 Å². The second kappa shape index (κ2) is 9.22. The number of carbonyl (C=O) groups is 1. The number of nitrogens with zero attached hydrogens (tertiary/aromatic N) is 1. The SMILES string of the molecule is COc1cc(C)c(-c2cccc(C=Nc3ccc(OCC(=O)O)c(F)c3)c2)c(C)c1. The molecule has 0 atom stereocenters. The minimum atomic E-state index is -1.17. The van der Waals surface area contributed by atoms with E-state index in [1.54, 1.807) is 19.4 Å². The van der Waals surface area contributed by atoms with Crippen molar-refractivity contribution in [1.29, 1.82) is 0 Å². The first-order valence-electron chi connectivity index (χ1n) is 9.31. The van der Waals surface area contributed by atoms with Gasteiger partial charge in [-0.15, -0.1) is 0 Å². The van der Waals surface area contributed by atoms with Crippen LogP contribution in [0.4, 0.5) is 10.1 Å². The number of carboxylic acids is 1. The largest absolute Gasteiger partial charge is 0.497 e. The second-order valence-electron chi connectivity index (χ2n) is 6.82.